The van der Waals surface area contributed by atoms with Crippen LogP contribution >= 0.6 is 0 Å². The van der Waals surface area contributed by atoms with Crippen molar-refractivity contribution in [1.82, 2.24) is 21.3 Å². The van der Waals surface area contributed by atoms with Gasteiger partial charge in [-0.3, -0.25) is 38.4 Å². The molecule has 6 amide bonds. The first-order valence-corrected chi connectivity index (χ1v) is 24.8. The maximum atomic E-state index is 14.3. The van der Waals surface area contributed by atoms with Crippen molar-refractivity contribution in [3.05, 3.63) is 81.9 Å². The highest BCUT2D eigenvalue weighted by atomic mass is 16.5. The molecule has 0 spiro atoms. The van der Waals surface area contributed by atoms with Crippen LogP contribution in [-0.4, -0.2) is 126 Å². The second-order valence-corrected chi connectivity index (χ2v) is 17.7. The SMILES string of the molecule is COc1ccc(CC(=O)[C@H](CCCCN)NC(=O)c2cc(C(=O)N[C@@H](CCCCN)C(=O)Cc3ccc(OC)c(C(=O)N[C@@H](CCCCN)C(N)=O)c3)c(OC)cc2OC)cc1C(=O)N[C@@H](CCCCN)C(N)=O. The third-order valence-electron chi connectivity index (χ3n) is 12.3. The van der Waals surface area contributed by atoms with E-state index in [2.05, 4.69) is 21.3 Å². The molecule has 16 N–H and O–H groups in total. The van der Waals surface area contributed by atoms with E-state index in [-0.39, 0.29) is 83.8 Å². The largest absolute Gasteiger partial charge is 0.496 e. The Kier molecular flexibility index (Phi) is 26.6. The number of benzene rings is 3. The number of primary amides is 2. The van der Waals surface area contributed by atoms with Gasteiger partial charge in [-0.1, -0.05) is 12.1 Å². The van der Waals surface area contributed by atoms with E-state index in [0.717, 1.165) is 0 Å². The summed E-state index contributed by atoms with van der Waals surface area (Å²) in [5.74, 6) is -4.66. The fourth-order valence-corrected chi connectivity index (χ4v) is 8.10. The summed E-state index contributed by atoms with van der Waals surface area (Å²) < 4.78 is 22.0. The first-order chi connectivity index (χ1) is 35.5. The predicted octanol–water partition coefficient (Wildman–Crippen LogP) is 1.22. The Bertz CT molecular complexity index is 2240. The number of unbranched alkanes of at least 4 members (excludes halogenated alkanes) is 4. The number of carbonyl (C=O) groups is 8. The molecule has 0 saturated heterocycles. The van der Waals surface area contributed by atoms with Crippen LogP contribution in [0, 0.1) is 0 Å². The zero-order valence-corrected chi connectivity index (χ0v) is 43.0. The monoisotopic (exact) mass is 1030 g/mol. The maximum Gasteiger partial charge on any atom is 0.255 e. The summed E-state index contributed by atoms with van der Waals surface area (Å²) in [6.07, 6.45) is 4.87. The molecular formula is C52H76N10O12. The van der Waals surface area contributed by atoms with Crippen LogP contribution in [0.15, 0.2) is 48.5 Å². The third-order valence-corrected chi connectivity index (χ3v) is 12.3. The molecule has 0 bridgehead atoms. The highest BCUT2D eigenvalue weighted by Crippen LogP contribution is 2.30. The highest BCUT2D eigenvalue weighted by Gasteiger charge is 2.30. The second kappa shape index (κ2) is 32.1. The van der Waals surface area contributed by atoms with Gasteiger partial charge in [-0.25, -0.2) is 0 Å². The van der Waals surface area contributed by atoms with Crippen LogP contribution in [0.1, 0.15) is 130 Å². The molecule has 3 aromatic carbocycles. The van der Waals surface area contributed by atoms with Gasteiger partial charge in [0.15, 0.2) is 11.6 Å². The average molecular weight is 1030 g/mol. The number of rotatable bonds is 36. The summed E-state index contributed by atoms with van der Waals surface area (Å²) in [5, 5.41) is 10.9. The van der Waals surface area contributed by atoms with E-state index >= 15 is 0 Å². The van der Waals surface area contributed by atoms with Gasteiger partial charge in [0, 0.05) is 18.9 Å². The number of nitrogens with two attached hydrogens (primary N) is 6. The number of carbonyl (C=O) groups excluding carboxylic acids is 8. The standard InChI is InChI=1S/C52H76N10O12/c1-71-43-19-17-31(25-33(43)49(67)61-39(47(57)65)15-7-11-23-55)27-41(63)37(13-5-9-21-53)59-51(69)35-29-36(46(74-4)30-45(35)73-3)52(70)60-38(14-6-10-22-54)42(64)28-32-18-20-44(72-2)34(26-32)50(68)62-40(48(58)66)16-8-12-24-56/h17-20,25-26,29-30,37-40H,5-16,21-24,27-28,53-56H2,1-4H3,(H2,57,65)(H2,58,66)(H,59,69)(H,60,70)(H,61,67)(H,62,68)/t37-,38-,39-,40-/m0/s1. The Morgan fingerprint density at radius 2 is 0.676 bits per heavy atom. The van der Waals surface area contributed by atoms with E-state index < -0.39 is 71.2 Å². The molecule has 406 valence electrons. The zero-order valence-electron chi connectivity index (χ0n) is 43.0. The molecule has 4 atom stereocenters. The van der Waals surface area contributed by atoms with Crippen LogP contribution in [0.5, 0.6) is 23.0 Å². The van der Waals surface area contributed by atoms with E-state index in [1.807, 2.05) is 0 Å². The van der Waals surface area contributed by atoms with E-state index in [1.165, 1.54) is 64.8 Å². The smallest absolute Gasteiger partial charge is 0.255 e. The lowest BCUT2D eigenvalue weighted by atomic mass is 9.96. The van der Waals surface area contributed by atoms with Crippen molar-refractivity contribution in [2.45, 2.75) is 114 Å². The molecule has 3 aromatic rings. The van der Waals surface area contributed by atoms with E-state index in [4.69, 9.17) is 53.3 Å². The molecule has 3 rings (SSSR count). The Morgan fingerprint density at radius 1 is 0.392 bits per heavy atom. The van der Waals surface area contributed by atoms with Gasteiger partial charge in [0.25, 0.3) is 23.6 Å². The number of nitrogens with one attached hydrogen (secondary N) is 4. The Balaban J connectivity index is 1.93. The molecule has 0 aliphatic heterocycles. The van der Waals surface area contributed by atoms with Crippen LogP contribution in [0.2, 0.25) is 0 Å². The Morgan fingerprint density at radius 3 is 0.959 bits per heavy atom. The third kappa shape index (κ3) is 18.7. The molecule has 0 saturated carbocycles. The minimum Gasteiger partial charge on any atom is -0.496 e. The molecule has 0 heterocycles. The van der Waals surface area contributed by atoms with Crippen molar-refractivity contribution in [3.63, 3.8) is 0 Å². The van der Waals surface area contributed by atoms with E-state index in [1.54, 1.807) is 12.1 Å². The van der Waals surface area contributed by atoms with Crippen molar-refractivity contribution in [2.24, 2.45) is 34.4 Å². The highest BCUT2D eigenvalue weighted by molar-refractivity contribution is 6.06. The quantitative estimate of drug-likeness (QED) is 0.0366. The van der Waals surface area contributed by atoms with Gasteiger partial charge in [-0.2, -0.15) is 0 Å². The fourth-order valence-electron chi connectivity index (χ4n) is 8.10. The summed E-state index contributed by atoms with van der Waals surface area (Å²) in [6, 6.07) is 7.70. The summed E-state index contributed by atoms with van der Waals surface area (Å²) >= 11 is 0. The van der Waals surface area contributed by atoms with E-state index in [9.17, 15) is 38.4 Å². The molecule has 0 radical (unpaired) electrons. The Labute approximate surface area is 432 Å². The minimum atomic E-state index is -1.07. The second-order valence-electron chi connectivity index (χ2n) is 17.7. The molecule has 0 fully saturated rings. The fraction of sp³-hybridized carbons (Fsp3) is 0.500. The average Bonchev–Trinajstić information content (AvgIpc) is 3.38. The van der Waals surface area contributed by atoms with Crippen LogP contribution in [0.25, 0.3) is 0 Å². The van der Waals surface area contributed by atoms with Crippen LogP contribution < -0.4 is 74.6 Å². The summed E-state index contributed by atoms with van der Waals surface area (Å²) in [4.78, 5) is 108. The van der Waals surface area contributed by atoms with Gasteiger partial charge >= 0.3 is 0 Å². The summed E-state index contributed by atoms with van der Waals surface area (Å²) in [7, 11) is 5.38. The number of methoxy groups -OCH3 is 4. The molecule has 0 aromatic heterocycles. The minimum absolute atomic E-state index is 0.0137. The van der Waals surface area contributed by atoms with Gasteiger partial charge in [0.2, 0.25) is 11.8 Å². The van der Waals surface area contributed by atoms with Crippen molar-refractivity contribution in [3.8, 4) is 23.0 Å². The zero-order chi connectivity index (χ0) is 54.7. The first kappa shape index (κ1) is 61.2. The molecule has 0 aliphatic rings. The number of ketones is 2. The maximum absolute atomic E-state index is 14.3. The van der Waals surface area contributed by atoms with Gasteiger partial charge in [0.1, 0.15) is 35.1 Å². The van der Waals surface area contributed by atoms with Gasteiger partial charge < -0.3 is 74.6 Å². The molecule has 22 heteroatoms. The molecular weight excluding hydrogens is 957 g/mol. The van der Waals surface area contributed by atoms with Crippen LogP contribution in [0.4, 0.5) is 0 Å². The van der Waals surface area contributed by atoms with E-state index in [0.29, 0.717) is 88.7 Å². The lowest BCUT2D eigenvalue weighted by molar-refractivity contribution is -0.121. The van der Waals surface area contributed by atoms with Gasteiger partial charge in [-0.15, -0.1) is 0 Å². The van der Waals surface area contributed by atoms with Crippen molar-refractivity contribution < 1.29 is 57.3 Å². The van der Waals surface area contributed by atoms with Gasteiger partial charge in [0.05, 0.1) is 62.8 Å². The number of ether oxygens (including phenoxy) is 4. The van der Waals surface area contributed by atoms with Gasteiger partial charge in [-0.05, 0) is 145 Å². The molecule has 22 nitrogen and oxygen atoms in total. The predicted molar refractivity (Wildman–Crippen MR) is 278 cm³/mol. The van der Waals surface area contributed by atoms with Crippen LogP contribution in [-0.2, 0) is 32.0 Å². The Hall–Kier alpha value is -7.14. The first-order valence-electron chi connectivity index (χ1n) is 24.8. The number of hydrogen-bond acceptors (Lipinski definition) is 16. The molecule has 0 unspecified atom stereocenters. The topological polar surface area (TPSA) is 378 Å². The van der Waals surface area contributed by atoms with Crippen LogP contribution in [0.3, 0.4) is 0 Å². The number of hydrogen-bond donors (Lipinski definition) is 10. The van der Waals surface area contributed by atoms with Crippen molar-refractivity contribution in [1.29, 1.82) is 0 Å². The number of amides is 6. The molecule has 74 heavy (non-hydrogen) atoms. The van der Waals surface area contributed by atoms with Crippen molar-refractivity contribution >= 4 is 47.0 Å². The number of Topliss-reactive ketones (excluding diaryl/α,β-unsaturated/α-hetero) is 2. The lowest BCUT2D eigenvalue weighted by Gasteiger charge is -2.21. The summed E-state index contributed by atoms with van der Waals surface area (Å²) in [5.41, 5.74) is 34.6. The lowest BCUT2D eigenvalue weighted by Crippen LogP contribution is -2.44. The molecule has 0 aliphatic carbocycles. The summed E-state index contributed by atoms with van der Waals surface area (Å²) in [6.45, 7) is 1.48. The van der Waals surface area contributed by atoms with Crippen molar-refractivity contribution in [2.75, 3.05) is 54.6 Å². The normalized spacial score (nSPS) is 12.5.